The summed E-state index contributed by atoms with van der Waals surface area (Å²) in [5, 5.41) is 8.35. The molecule has 0 aliphatic carbocycles. The van der Waals surface area contributed by atoms with E-state index in [1.807, 2.05) is 24.6 Å². The van der Waals surface area contributed by atoms with Crippen molar-refractivity contribution in [3.63, 3.8) is 0 Å². The third-order valence-electron chi connectivity index (χ3n) is 3.74. The molecule has 0 radical (unpaired) electrons. The first-order valence-electron chi connectivity index (χ1n) is 8.04. The van der Waals surface area contributed by atoms with Crippen LogP contribution in [0.15, 0.2) is 47.8 Å². The third kappa shape index (κ3) is 3.82. The molecule has 25 heavy (non-hydrogen) atoms. The molecule has 7 nitrogen and oxygen atoms in total. The van der Waals surface area contributed by atoms with Crippen LogP contribution in [0.2, 0.25) is 0 Å². The Morgan fingerprint density at radius 2 is 2.24 bits per heavy atom. The van der Waals surface area contributed by atoms with Gasteiger partial charge in [-0.2, -0.15) is 5.10 Å². The highest BCUT2D eigenvalue weighted by molar-refractivity contribution is 6.12. The monoisotopic (exact) mass is 337 g/mol. The van der Waals surface area contributed by atoms with E-state index in [1.165, 1.54) is 11.1 Å². The van der Waals surface area contributed by atoms with Crippen molar-refractivity contribution in [2.24, 2.45) is 5.10 Å². The van der Waals surface area contributed by atoms with Gasteiger partial charge in [0.2, 0.25) is 5.91 Å². The van der Waals surface area contributed by atoms with E-state index in [1.54, 1.807) is 36.5 Å². The highest BCUT2D eigenvalue weighted by Gasteiger charge is 2.22. The molecular formula is C18H19N5O2. The highest BCUT2D eigenvalue weighted by atomic mass is 16.2. The number of carbonyl (C=O) groups excluding carboxylic acids is 2. The topological polar surface area (TPSA) is 79.6 Å². The molecule has 1 aromatic heterocycles. The molecule has 1 aliphatic heterocycles. The molecule has 3 rings (SSSR count). The summed E-state index contributed by atoms with van der Waals surface area (Å²) in [5.74, 6) is 0.376. The Kier molecular flexibility index (Phi) is 4.74. The van der Waals surface area contributed by atoms with Crippen molar-refractivity contribution in [1.82, 2.24) is 9.55 Å². The van der Waals surface area contributed by atoms with Gasteiger partial charge in [0.15, 0.2) is 0 Å². The van der Waals surface area contributed by atoms with Crippen LogP contribution in [0.25, 0.3) is 6.08 Å². The molecular weight excluding hydrogens is 318 g/mol. The van der Waals surface area contributed by atoms with Crippen molar-refractivity contribution in [3.8, 4) is 0 Å². The molecule has 0 spiro atoms. The number of carbonyl (C=O) groups is 2. The number of nitrogens with zero attached hydrogens (tertiary/aromatic N) is 4. The lowest BCUT2D eigenvalue weighted by Crippen LogP contribution is -2.19. The van der Waals surface area contributed by atoms with Crippen LogP contribution in [-0.4, -0.2) is 27.1 Å². The standard InChI is InChI=1S/C18H19N5O2/c1-3-22-10-9-19-16(22)7-8-17(24)20-14-5-4-6-15(12-14)23-18(25)11-13(2)21-23/h4-10,12H,3,11H2,1-2H3,(H,20,24)/b8-7+. The molecule has 1 N–H and O–H groups in total. The second-order valence-electron chi connectivity index (χ2n) is 5.66. The van der Waals surface area contributed by atoms with E-state index in [-0.39, 0.29) is 11.8 Å². The van der Waals surface area contributed by atoms with E-state index < -0.39 is 0 Å². The third-order valence-corrected chi connectivity index (χ3v) is 3.74. The van der Waals surface area contributed by atoms with Crippen LogP contribution < -0.4 is 10.3 Å². The van der Waals surface area contributed by atoms with Crippen molar-refractivity contribution >= 4 is 35.0 Å². The summed E-state index contributed by atoms with van der Waals surface area (Å²) in [7, 11) is 0. The number of aromatic nitrogens is 2. The van der Waals surface area contributed by atoms with Crippen LogP contribution in [0.3, 0.4) is 0 Å². The van der Waals surface area contributed by atoms with Gasteiger partial charge in [-0.15, -0.1) is 0 Å². The lowest BCUT2D eigenvalue weighted by atomic mass is 10.2. The SMILES string of the molecule is CCn1ccnc1/C=C/C(=O)Nc1cccc(N2N=C(C)CC2=O)c1. The fraction of sp³-hybridized carbons (Fsp3) is 0.222. The second-order valence-corrected chi connectivity index (χ2v) is 5.66. The van der Waals surface area contributed by atoms with Gasteiger partial charge in [-0.05, 0) is 38.1 Å². The van der Waals surface area contributed by atoms with Gasteiger partial charge in [0.25, 0.3) is 5.91 Å². The van der Waals surface area contributed by atoms with Gasteiger partial charge < -0.3 is 9.88 Å². The Balaban J connectivity index is 1.70. The largest absolute Gasteiger partial charge is 0.332 e. The van der Waals surface area contributed by atoms with Crippen molar-refractivity contribution in [3.05, 3.63) is 48.6 Å². The van der Waals surface area contributed by atoms with Gasteiger partial charge in [0.1, 0.15) is 5.82 Å². The van der Waals surface area contributed by atoms with E-state index in [4.69, 9.17) is 0 Å². The molecule has 7 heteroatoms. The molecule has 128 valence electrons. The first-order chi connectivity index (χ1) is 12.1. The van der Waals surface area contributed by atoms with Crippen LogP contribution in [0, 0.1) is 0 Å². The van der Waals surface area contributed by atoms with E-state index in [9.17, 15) is 9.59 Å². The van der Waals surface area contributed by atoms with Crippen molar-refractivity contribution in [1.29, 1.82) is 0 Å². The Bertz CT molecular complexity index is 866. The number of imidazole rings is 1. The fourth-order valence-electron chi connectivity index (χ4n) is 2.55. The molecule has 0 saturated carbocycles. The number of hydrogen-bond acceptors (Lipinski definition) is 4. The minimum absolute atomic E-state index is 0.0766. The quantitative estimate of drug-likeness (QED) is 0.852. The first kappa shape index (κ1) is 16.6. The predicted octanol–water partition coefficient (Wildman–Crippen LogP) is 2.67. The molecule has 0 unspecified atom stereocenters. The molecule has 2 heterocycles. The molecule has 0 bridgehead atoms. The summed E-state index contributed by atoms with van der Waals surface area (Å²) in [4.78, 5) is 28.2. The summed E-state index contributed by atoms with van der Waals surface area (Å²) in [6.07, 6.45) is 6.98. The fourth-order valence-corrected chi connectivity index (χ4v) is 2.55. The molecule has 0 fully saturated rings. The molecule has 2 aromatic rings. The average molecular weight is 337 g/mol. The minimum atomic E-state index is -0.268. The van der Waals surface area contributed by atoms with Gasteiger partial charge in [0, 0.05) is 36.4 Å². The molecule has 2 amide bonds. The van der Waals surface area contributed by atoms with Crippen LogP contribution in [0.4, 0.5) is 11.4 Å². The molecule has 1 aliphatic rings. The van der Waals surface area contributed by atoms with E-state index >= 15 is 0 Å². The summed E-state index contributed by atoms with van der Waals surface area (Å²) in [6.45, 7) is 4.61. The zero-order valence-electron chi connectivity index (χ0n) is 14.1. The van der Waals surface area contributed by atoms with Gasteiger partial charge >= 0.3 is 0 Å². The number of hydrogen-bond donors (Lipinski definition) is 1. The summed E-state index contributed by atoms with van der Waals surface area (Å²) >= 11 is 0. The minimum Gasteiger partial charge on any atom is -0.332 e. The van der Waals surface area contributed by atoms with Crippen LogP contribution in [-0.2, 0) is 16.1 Å². The number of benzene rings is 1. The molecule has 1 aromatic carbocycles. The van der Waals surface area contributed by atoms with Crippen molar-refractivity contribution in [2.75, 3.05) is 10.3 Å². The van der Waals surface area contributed by atoms with Crippen molar-refractivity contribution < 1.29 is 9.59 Å². The molecule has 0 saturated heterocycles. The van der Waals surface area contributed by atoms with E-state index in [0.717, 1.165) is 18.1 Å². The zero-order chi connectivity index (χ0) is 17.8. The van der Waals surface area contributed by atoms with Gasteiger partial charge in [-0.25, -0.2) is 9.99 Å². The Morgan fingerprint density at radius 1 is 1.40 bits per heavy atom. The number of aryl methyl sites for hydroxylation is 1. The van der Waals surface area contributed by atoms with Crippen LogP contribution >= 0.6 is 0 Å². The number of hydrazone groups is 1. The maximum Gasteiger partial charge on any atom is 0.253 e. The van der Waals surface area contributed by atoms with Gasteiger partial charge in [0.05, 0.1) is 12.1 Å². The lowest BCUT2D eigenvalue weighted by molar-refractivity contribution is -0.117. The average Bonchev–Trinajstić information content (AvgIpc) is 3.18. The number of amides is 2. The first-order valence-corrected chi connectivity index (χ1v) is 8.04. The van der Waals surface area contributed by atoms with Gasteiger partial charge in [-0.3, -0.25) is 9.59 Å². The maximum atomic E-state index is 12.1. The molecule has 0 atom stereocenters. The number of nitrogens with one attached hydrogen (secondary N) is 1. The number of rotatable bonds is 5. The second kappa shape index (κ2) is 7.12. The maximum absolute atomic E-state index is 12.1. The van der Waals surface area contributed by atoms with Crippen LogP contribution in [0.1, 0.15) is 26.1 Å². The van der Waals surface area contributed by atoms with E-state index in [0.29, 0.717) is 17.8 Å². The lowest BCUT2D eigenvalue weighted by Gasteiger charge is -2.13. The Hall–Kier alpha value is -3.22. The number of anilines is 2. The zero-order valence-corrected chi connectivity index (χ0v) is 14.1. The highest BCUT2D eigenvalue weighted by Crippen LogP contribution is 2.23. The normalized spacial score (nSPS) is 14.2. The Labute approximate surface area is 145 Å². The predicted molar refractivity (Wildman–Crippen MR) is 97.2 cm³/mol. The summed E-state index contributed by atoms with van der Waals surface area (Å²) < 4.78 is 1.93. The van der Waals surface area contributed by atoms with Crippen LogP contribution in [0.5, 0.6) is 0 Å². The smallest absolute Gasteiger partial charge is 0.253 e. The summed E-state index contributed by atoms with van der Waals surface area (Å²) in [6, 6.07) is 7.04. The summed E-state index contributed by atoms with van der Waals surface area (Å²) in [5.41, 5.74) is 2.00. The Morgan fingerprint density at radius 3 is 2.96 bits per heavy atom. The van der Waals surface area contributed by atoms with Gasteiger partial charge in [-0.1, -0.05) is 6.07 Å². The van der Waals surface area contributed by atoms with Crippen molar-refractivity contribution in [2.45, 2.75) is 26.8 Å². The van der Waals surface area contributed by atoms with E-state index in [2.05, 4.69) is 15.4 Å².